The number of likely N-dealkylation sites (tertiary alicyclic amines) is 2. The fourth-order valence-corrected chi connectivity index (χ4v) is 12.2. The molecule has 5 aliphatic carbocycles. The van der Waals surface area contributed by atoms with Gasteiger partial charge in [0.25, 0.3) is 0 Å². The van der Waals surface area contributed by atoms with Gasteiger partial charge in [-0.3, -0.25) is 19.3 Å². The van der Waals surface area contributed by atoms with Crippen molar-refractivity contribution in [2.75, 3.05) is 41.4 Å². The molecule has 0 amide bonds. The largest absolute Gasteiger partial charge is 0.504 e. The van der Waals surface area contributed by atoms with Crippen molar-refractivity contribution < 1.29 is 39.2 Å². The van der Waals surface area contributed by atoms with Crippen LogP contribution in [0.15, 0.2) is 100 Å². The quantitative estimate of drug-likeness (QED) is 0.145. The van der Waals surface area contributed by atoms with Crippen LogP contribution in [0.25, 0.3) is 0 Å². The van der Waals surface area contributed by atoms with Crippen molar-refractivity contribution in [3.63, 3.8) is 0 Å². The SMILES string of the molecule is CC#CC#CC#CS.COC1=CC2[C@@H]3C=C4C=CC(=O)C(O)=C4[C@]2(CCN3C)CC1=O.COC1=CC2[C@@H]3[C@H](Sc4cccc(C)c4)c4ccc(O)c(O)c4[C@]2(CCN3C)CC1=O. The first-order valence-electron chi connectivity index (χ1n) is 20.5. The Morgan fingerprint density at radius 3 is 2.16 bits per heavy atom. The molecule has 2 fully saturated rings. The molecule has 0 spiro atoms. The van der Waals surface area contributed by atoms with Crippen molar-refractivity contribution in [2.45, 2.75) is 67.2 Å². The number of hydrogen-bond acceptors (Lipinski definition) is 12. The number of thioether (sulfide) groups is 1. The van der Waals surface area contributed by atoms with Crippen LogP contribution >= 0.6 is 24.4 Å². The number of piperidine rings is 2. The lowest BCUT2D eigenvalue weighted by atomic mass is 9.53. The van der Waals surface area contributed by atoms with Gasteiger partial charge in [-0.05, 0) is 130 Å². The minimum Gasteiger partial charge on any atom is -0.504 e. The molecule has 0 saturated carbocycles. The summed E-state index contributed by atoms with van der Waals surface area (Å²) in [4.78, 5) is 43.2. The summed E-state index contributed by atoms with van der Waals surface area (Å²) in [5, 5.41) is 34.3. The van der Waals surface area contributed by atoms with Crippen LogP contribution in [0.2, 0.25) is 0 Å². The van der Waals surface area contributed by atoms with Crippen LogP contribution in [0.5, 0.6) is 11.5 Å². The number of carbonyl (C=O) groups is 3. The Morgan fingerprint density at radius 2 is 1.48 bits per heavy atom. The van der Waals surface area contributed by atoms with Crippen LogP contribution in [-0.4, -0.2) is 96.0 Å². The van der Waals surface area contributed by atoms with E-state index < -0.39 is 10.8 Å². The van der Waals surface area contributed by atoms with Crippen molar-refractivity contribution in [3.8, 4) is 46.4 Å². The zero-order valence-electron chi connectivity index (χ0n) is 35.6. The molecule has 10 nitrogen and oxygen atoms in total. The minimum absolute atomic E-state index is 0.00130. The van der Waals surface area contributed by atoms with E-state index in [4.69, 9.17) is 9.47 Å². The van der Waals surface area contributed by atoms with E-state index in [2.05, 4.69) is 109 Å². The molecule has 3 N–H and O–H groups in total. The van der Waals surface area contributed by atoms with Gasteiger partial charge in [0, 0.05) is 63.6 Å². The number of hydrogen-bond donors (Lipinski definition) is 4. The first-order valence-corrected chi connectivity index (χ1v) is 21.8. The van der Waals surface area contributed by atoms with Crippen molar-refractivity contribution in [1.82, 2.24) is 9.80 Å². The highest BCUT2D eigenvalue weighted by Gasteiger charge is 2.60. The molecule has 2 heterocycles. The van der Waals surface area contributed by atoms with Gasteiger partial charge in [0.1, 0.15) is 0 Å². The number of thiol groups is 1. The van der Waals surface area contributed by atoms with Gasteiger partial charge in [-0.15, -0.1) is 11.8 Å². The zero-order valence-corrected chi connectivity index (χ0v) is 37.3. The molecular weight excluding hydrogens is 821 g/mol. The number of methoxy groups -OCH3 is 2. The summed E-state index contributed by atoms with van der Waals surface area (Å²) in [6.07, 6.45) is 11.2. The van der Waals surface area contributed by atoms with Crippen LogP contribution < -0.4 is 0 Å². The summed E-state index contributed by atoms with van der Waals surface area (Å²) in [7, 11) is 7.25. The average molecular weight is 871 g/mol. The Bertz CT molecular complexity index is 2550. The van der Waals surface area contributed by atoms with Gasteiger partial charge < -0.3 is 29.7 Å². The molecule has 7 aliphatic rings. The fourth-order valence-electron chi connectivity index (χ4n) is 10.6. The summed E-state index contributed by atoms with van der Waals surface area (Å²) in [6, 6.07) is 12.2. The van der Waals surface area contributed by atoms with E-state index in [1.54, 1.807) is 37.9 Å². The van der Waals surface area contributed by atoms with Crippen molar-refractivity contribution in [1.29, 1.82) is 0 Å². The predicted molar refractivity (Wildman–Crippen MR) is 242 cm³/mol. The molecule has 12 heteroatoms. The maximum Gasteiger partial charge on any atom is 0.220 e. The number of ether oxygens (including phenoxy) is 2. The minimum atomic E-state index is -0.530. The van der Waals surface area contributed by atoms with E-state index in [1.165, 1.54) is 18.7 Å². The predicted octanol–water partition coefficient (Wildman–Crippen LogP) is 6.91. The van der Waals surface area contributed by atoms with E-state index in [9.17, 15) is 29.7 Å². The van der Waals surface area contributed by atoms with Crippen LogP contribution in [0.3, 0.4) is 0 Å². The van der Waals surface area contributed by atoms with Gasteiger partial charge in [-0.2, -0.15) is 0 Å². The highest BCUT2D eigenvalue weighted by Crippen LogP contribution is 2.63. The molecule has 320 valence electrons. The highest BCUT2D eigenvalue weighted by molar-refractivity contribution is 7.99. The van der Waals surface area contributed by atoms with Crippen LogP contribution in [0.1, 0.15) is 54.5 Å². The van der Waals surface area contributed by atoms with Crippen molar-refractivity contribution in [2.24, 2.45) is 17.3 Å². The number of aliphatic hydroxyl groups is 1. The fraction of sp³-hybridized carbons (Fsp3) is 0.380. The second-order valence-corrected chi connectivity index (χ2v) is 18.1. The summed E-state index contributed by atoms with van der Waals surface area (Å²) in [5.74, 6) is 12.5. The molecule has 0 radical (unpaired) electrons. The van der Waals surface area contributed by atoms with Gasteiger partial charge in [-0.25, -0.2) is 0 Å². The number of nitrogens with zero attached hydrogens (tertiary/aromatic N) is 2. The van der Waals surface area contributed by atoms with E-state index >= 15 is 0 Å². The maximum absolute atomic E-state index is 12.9. The normalized spacial score (nSPS) is 28.8. The average Bonchev–Trinajstić information content (AvgIpc) is 3.25. The Hall–Kier alpha value is -5.55. The number of aliphatic hydroxyl groups excluding tert-OH is 1. The summed E-state index contributed by atoms with van der Waals surface area (Å²) in [6.45, 7) is 5.46. The Morgan fingerprint density at radius 1 is 0.823 bits per heavy atom. The number of allylic oxidation sites excluding steroid dienone is 6. The third-order valence-corrected chi connectivity index (χ3v) is 14.8. The first kappa shape index (κ1) is 44.5. The monoisotopic (exact) mass is 870 g/mol. The van der Waals surface area contributed by atoms with Gasteiger partial charge in [0.15, 0.2) is 40.3 Å². The van der Waals surface area contributed by atoms with E-state index in [0.29, 0.717) is 17.1 Å². The number of fused-ring (bicyclic) bond motifs is 2. The number of benzene rings is 2. The zero-order chi connectivity index (χ0) is 44.5. The van der Waals surface area contributed by atoms with E-state index in [1.807, 2.05) is 18.2 Å². The number of phenols is 2. The molecule has 7 atom stereocenters. The number of phenolic OH excluding ortho intramolecular Hbond substituents is 2. The standard InChI is InChI=1S/C25H27NO4S.C18H19NO4.C7H4S/c1-14-5-4-6-15(11-14)31-24-16-7-8-18(27)23(29)21(16)25-9-10-26(2)22(24)17(25)12-20(30-3)19(28)13-25;1-19-6-5-18-9-14(21)15(23-2)8-11(18)12(19)7-10-3-4-13(20)17(22)16(10)18;1-2-3-4-5-6-7-8/h4-8,11-12,17,22,24,27,29H,9-10,13H2,1-3H3;3-4,7-8,11-12,22H,5-6,9H2,1-2H3;8H,1H3/t17?,22-,24-,25-;11?,12-,18+;/m10./s1. The highest BCUT2D eigenvalue weighted by atomic mass is 32.2. The molecule has 4 bridgehead atoms. The third kappa shape index (κ3) is 7.77. The number of ketones is 3. The maximum atomic E-state index is 12.9. The van der Waals surface area contributed by atoms with Gasteiger partial charge >= 0.3 is 0 Å². The molecule has 62 heavy (non-hydrogen) atoms. The number of aryl methyl sites for hydroxylation is 1. The van der Waals surface area contributed by atoms with Gasteiger partial charge in [0.2, 0.25) is 5.78 Å². The number of likely N-dealkylation sites (N-methyl/N-ethyl adjacent to an activating group) is 2. The molecule has 2 aromatic rings. The lowest BCUT2D eigenvalue weighted by Gasteiger charge is -2.58. The van der Waals surface area contributed by atoms with Gasteiger partial charge in [-0.1, -0.05) is 54.5 Å². The topological polar surface area (TPSA) is 137 Å². The second-order valence-electron chi connectivity index (χ2n) is 16.6. The lowest BCUT2D eigenvalue weighted by Crippen LogP contribution is -2.61. The molecule has 2 aliphatic heterocycles. The van der Waals surface area contributed by atoms with E-state index in [-0.39, 0.29) is 76.6 Å². The van der Waals surface area contributed by atoms with Crippen LogP contribution in [0, 0.1) is 59.0 Å². The van der Waals surface area contributed by atoms with Crippen molar-refractivity contribution in [3.05, 3.63) is 112 Å². The summed E-state index contributed by atoms with van der Waals surface area (Å²) < 4.78 is 10.7. The Balaban J connectivity index is 0.000000164. The van der Waals surface area contributed by atoms with Crippen LogP contribution in [-0.2, 0) is 29.3 Å². The van der Waals surface area contributed by atoms with Crippen LogP contribution in [0.4, 0.5) is 0 Å². The molecule has 2 aromatic carbocycles. The van der Waals surface area contributed by atoms with Crippen molar-refractivity contribution >= 4 is 41.7 Å². The Labute approximate surface area is 373 Å². The van der Waals surface area contributed by atoms with E-state index in [0.717, 1.165) is 47.5 Å². The molecule has 0 aromatic heterocycles. The summed E-state index contributed by atoms with van der Waals surface area (Å²) >= 11 is 5.39. The molecule has 9 rings (SSSR count). The third-order valence-electron chi connectivity index (χ3n) is 13.4. The number of Topliss-reactive ketones (excluding diaryl/α,β-unsaturated/α-hetero) is 2. The number of aromatic hydroxyl groups is 2. The Kier molecular flexibility index (Phi) is 13.0. The van der Waals surface area contributed by atoms with Gasteiger partial charge in [0.05, 0.1) is 19.5 Å². The second kappa shape index (κ2) is 18.0. The smallest absolute Gasteiger partial charge is 0.220 e. The molecular formula is C50H50N2O8S2. The molecule has 2 saturated heterocycles. The first-order chi connectivity index (χ1) is 29.7. The number of rotatable bonds is 4. The molecule has 2 unspecified atom stereocenters. The summed E-state index contributed by atoms with van der Waals surface area (Å²) in [5.41, 5.74) is 3.44. The lowest BCUT2D eigenvalue weighted by molar-refractivity contribution is -0.124. The number of carbonyl (C=O) groups excluding carboxylic acids is 3.